The summed E-state index contributed by atoms with van der Waals surface area (Å²) in [4.78, 5) is 0. The highest BCUT2D eigenvalue weighted by molar-refractivity contribution is 5.39. The van der Waals surface area contributed by atoms with E-state index in [1.165, 1.54) is 0 Å². The second kappa shape index (κ2) is 6.50. The monoisotopic (exact) mass is 237 g/mol. The molecule has 0 heterocycles. The van der Waals surface area contributed by atoms with Gasteiger partial charge in [0.05, 0.1) is 14.2 Å². The van der Waals surface area contributed by atoms with Crippen LogP contribution < -0.4 is 15.2 Å². The summed E-state index contributed by atoms with van der Waals surface area (Å²) in [6.45, 7) is 4.40. The molecule has 0 aliphatic carbocycles. The first-order chi connectivity index (χ1) is 8.10. The molecule has 0 bridgehead atoms. The minimum absolute atomic E-state index is 0.0361. The Morgan fingerprint density at radius 3 is 2.06 bits per heavy atom. The van der Waals surface area contributed by atoms with Crippen molar-refractivity contribution in [1.29, 1.82) is 0 Å². The van der Waals surface area contributed by atoms with Crippen molar-refractivity contribution in [3.63, 3.8) is 0 Å². The Labute approximate surface area is 104 Å². The van der Waals surface area contributed by atoms with E-state index in [0.717, 1.165) is 29.9 Å². The molecule has 3 nitrogen and oxygen atoms in total. The van der Waals surface area contributed by atoms with Crippen molar-refractivity contribution in [2.75, 3.05) is 14.2 Å². The minimum atomic E-state index is 0.0361. The molecule has 0 aliphatic rings. The molecule has 0 amide bonds. The molecule has 2 N–H and O–H groups in total. The fourth-order valence-corrected chi connectivity index (χ4v) is 1.78. The van der Waals surface area contributed by atoms with E-state index in [0.29, 0.717) is 5.92 Å². The van der Waals surface area contributed by atoms with Gasteiger partial charge in [-0.2, -0.15) is 0 Å². The molecule has 3 heteroatoms. The summed E-state index contributed by atoms with van der Waals surface area (Å²) in [5, 5.41) is 0. The number of rotatable bonds is 6. The van der Waals surface area contributed by atoms with Gasteiger partial charge in [-0.1, -0.05) is 20.3 Å². The summed E-state index contributed by atoms with van der Waals surface area (Å²) < 4.78 is 10.5. The van der Waals surface area contributed by atoms with Crippen LogP contribution in [0.2, 0.25) is 0 Å². The van der Waals surface area contributed by atoms with Crippen LogP contribution in [0.25, 0.3) is 0 Å². The Hall–Kier alpha value is -1.22. The standard InChI is InChI=1S/C14H23NO2/c1-5-10(2)6-14(15)11-7-12(16-3)9-13(8-11)17-4/h7-10,14H,5-6,15H2,1-4H3. The first-order valence-corrected chi connectivity index (χ1v) is 6.09. The SMILES string of the molecule is CCC(C)CC(N)c1cc(OC)cc(OC)c1. The molecule has 0 fully saturated rings. The van der Waals surface area contributed by atoms with Gasteiger partial charge in [0.2, 0.25) is 0 Å². The molecule has 1 aromatic carbocycles. The van der Waals surface area contributed by atoms with Gasteiger partial charge >= 0.3 is 0 Å². The van der Waals surface area contributed by atoms with E-state index in [9.17, 15) is 0 Å². The van der Waals surface area contributed by atoms with Crippen LogP contribution in [0.5, 0.6) is 11.5 Å². The number of nitrogens with two attached hydrogens (primary N) is 1. The number of benzene rings is 1. The fraction of sp³-hybridized carbons (Fsp3) is 0.571. The molecular weight excluding hydrogens is 214 g/mol. The molecule has 2 unspecified atom stereocenters. The van der Waals surface area contributed by atoms with Crippen LogP contribution in [0.1, 0.15) is 38.3 Å². The van der Waals surface area contributed by atoms with Crippen molar-refractivity contribution >= 4 is 0 Å². The molecule has 0 radical (unpaired) electrons. The molecule has 0 spiro atoms. The number of methoxy groups -OCH3 is 2. The molecule has 96 valence electrons. The van der Waals surface area contributed by atoms with E-state index in [2.05, 4.69) is 13.8 Å². The summed E-state index contributed by atoms with van der Waals surface area (Å²) in [7, 11) is 3.30. The van der Waals surface area contributed by atoms with Crippen molar-refractivity contribution in [3.8, 4) is 11.5 Å². The van der Waals surface area contributed by atoms with Crippen LogP contribution in [0, 0.1) is 5.92 Å². The second-order valence-corrected chi connectivity index (χ2v) is 4.50. The van der Waals surface area contributed by atoms with Gasteiger partial charge in [0, 0.05) is 12.1 Å². The Morgan fingerprint density at radius 2 is 1.65 bits per heavy atom. The average molecular weight is 237 g/mol. The summed E-state index contributed by atoms with van der Waals surface area (Å²) >= 11 is 0. The highest BCUT2D eigenvalue weighted by atomic mass is 16.5. The summed E-state index contributed by atoms with van der Waals surface area (Å²) in [5.41, 5.74) is 7.28. The van der Waals surface area contributed by atoms with E-state index in [1.807, 2.05) is 18.2 Å². The predicted octanol–water partition coefficient (Wildman–Crippen LogP) is 3.14. The lowest BCUT2D eigenvalue weighted by Gasteiger charge is -2.17. The first-order valence-electron chi connectivity index (χ1n) is 6.09. The van der Waals surface area contributed by atoms with Crippen LogP contribution in [0.4, 0.5) is 0 Å². The zero-order chi connectivity index (χ0) is 12.8. The molecule has 2 atom stereocenters. The molecular formula is C14H23NO2. The third kappa shape index (κ3) is 3.93. The van der Waals surface area contributed by atoms with Crippen molar-refractivity contribution in [1.82, 2.24) is 0 Å². The van der Waals surface area contributed by atoms with Gasteiger partial charge in [0.1, 0.15) is 11.5 Å². The van der Waals surface area contributed by atoms with E-state index < -0.39 is 0 Å². The second-order valence-electron chi connectivity index (χ2n) is 4.50. The maximum absolute atomic E-state index is 6.21. The first kappa shape index (κ1) is 13.8. The van der Waals surface area contributed by atoms with Crippen molar-refractivity contribution in [2.45, 2.75) is 32.7 Å². The maximum Gasteiger partial charge on any atom is 0.122 e. The number of hydrogen-bond acceptors (Lipinski definition) is 3. The van der Waals surface area contributed by atoms with Gasteiger partial charge in [-0.15, -0.1) is 0 Å². The highest BCUT2D eigenvalue weighted by Gasteiger charge is 2.12. The Morgan fingerprint density at radius 1 is 1.12 bits per heavy atom. The van der Waals surface area contributed by atoms with Gasteiger partial charge in [0.15, 0.2) is 0 Å². The van der Waals surface area contributed by atoms with Crippen LogP contribution >= 0.6 is 0 Å². The smallest absolute Gasteiger partial charge is 0.122 e. The molecule has 0 saturated heterocycles. The largest absolute Gasteiger partial charge is 0.497 e. The van der Waals surface area contributed by atoms with E-state index >= 15 is 0 Å². The normalized spacial score (nSPS) is 14.2. The van der Waals surface area contributed by atoms with Crippen LogP contribution in [-0.4, -0.2) is 14.2 Å². The van der Waals surface area contributed by atoms with Crippen LogP contribution in [-0.2, 0) is 0 Å². The summed E-state index contributed by atoms with van der Waals surface area (Å²) in [5.74, 6) is 2.21. The van der Waals surface area contributed by atoms with E-state index in [1.54, 1.807) is 14.2 Å². The van der Waals surface area contributed by atoms with Gasteiger partial charge < -0.3 is 15.2 Å². The van der Waals surface area contributed by atoms with Crippen LogP contribution in [0.15, 0.2) is 18.2 Å². The zero-order valence-corrected chi connectivity index (χ0v) is 11.2. The zero-order valence-electron chi connectivity index (χ0n) is 11.2. The lowest BCUT2D eigenvalue weighted by molar-refractivity contribution is 0.390. The average Bonchev–Trinajstić information content (AvgIpc) is 2.37. The van der Waals surface area contributed by atoms with E-state index in [-0.39, 0.29) is 6.04 Å². The van der Waals surface area contributed by atoms with Gasteiger partial charge in [-0.3, -0.25) is 0 Å². The summed E-state index contributed by atoms with van der Waals surface area (Å²) in [6, 6.07) is 5.86. The van der Waals surface area contributed by atoms with Gasteiger partial charge in [-0.25, -0.2) is 0 Å². The third-order valence-corrected chi connectivity index (χ3v) is 3.16. The summed E-state index contributed by atoms with van der Waals surface area (Å²) in [6.07, 6.45) is 2.13. The maximum atomic E-state index is 6.21. The molecule has 0 aliphatic heterocycles. The Bertz CT molecular complexity index is 330. The van der Waals surface area contributed by atoms with Crippen molar-refractivity contribution in [3.05, 3.63) is 23.8 Å². The topological polar surface area (TPSA) is 44.5 Å². The molecule has 0 aromatic heterocycles. The molecule has 1 aromatic rings. The number of hydrogen-bond donors (Lipinski definition) is 1. The minimum Gasteiger partial charge on any atom is -0.497 e. The number of ether oxygens (including phenoxy) is 2. The molecule has 0 saturated carbocycles. The Kier molecular flexibility index (Phi) is 5.29. The fourth-order valence-electron chi connectivity index (χ4n) is 1.78. The Balaban J connectivity index is 2.88. The van der Waals surface area contributed by atoms with Crippen molar-refractivity contribution in [2.24, 2.45) is 11.7 Å². The van der Waals surface area contributed by atoms with Crippen molar-refractivity contribution < 1.29 is 9.47 Å². The predicted molar refractivity (Wildman–Crippen MR) is 70.5 cm³/mol. The molecule has 17 heavy (non-hydrogen) atoms. The van der Waals surface area contributed by atoms with Gasteiger partial charge in [-0.05, 0) is 30.0 Å². The van der Waals surface area contributed by atoms with Crippen LogP contribution in [0.3, 0.4) is 0 Å². The lowest BCUT2D eigenvalue weighted by atomic mass is 9.95. The third-order valence-electron chi connectivity index (χ3n) is 3.16. The quantitative estimate of drug-likeness (QED) is 0.826. The molecule has 1 rings (SSSR count). The highest BCUT2D eigenvalue weighted by Crippen LogP contribution is 2.28. The van der Waals surface area contributed by atoms with Gasteiger partial charge in [0.25, 0.3) is 0 Å². The lowest BCUT2D eigenvalue weighted by Crippen LogP contribution is -2.14. The van der Waals surface area contributed by atoms with E-state index in [4.69, 9.17) is 15.2 Å².